The van der Waals surface area contributed by atoms with Gasteiger partial charge in [0.1, 0.15) is 35.2 Å². The number of nitrogens with zero attached hydrogens (tertiary/aromatic N) is 7. The number of nitrogens with one attached hydrogen (secondary N) is 2. The minimum Gasteiger partial charge on any atom is -0.383 e. The van der Waals surface area contributed by atoms with Gasteiger partial charge in [-0.1, -0.05) is 44.1 Å². The molecular formula is C29H32N10O3. The van der Waals surface area contributed by atoms with Crippen molar-refractivity contribution in [2.75, 3.05) is 29.5 Å². The lowest BCUT2D eigenvalue weighted by Gasteiger charge is -2.33. The van der Waals surface area contributed by atoms with E-state index in [0.29, 0.717) is 47.1 Å². The Hall–Kier alpha value is -5.25. The number of carbonyl (C=O) groups excluding carboxylic acids is 2. The molecule has 13 nitrogen and oxygen atoms in total. The highest BCUT2D eigenvalue weighted by Crippen LogP contribution is 2.34. The minimum atomic E-state index is -0.461. The molecule has 4 N–H and O–H groups in total. The summed E-state index contributed by atoms with van der Waals surface area (Å²) in [5.41, 5.74) is 8.60. The van der Waals surface area contributed by atoms with Gasteiger partial charge in [-0.15, -0.1) is 0 Å². The quantitative estimate of drug-likeness (QED) is 0.227. The second-order valence-electron chi connectivity index (χ2n) is 11.3. The van der Waals surface area contributed by atoms with Crippen molar-refractivity contribution in [3.63, 3.8) is 0 Å². The number of hydrogen-bond donors (Lipinski definition) is 3. The number of aromatic nitrogens is 5. The van der Waals surface area contributed by atoms with Gasteiger partial charge in [0.2, 0.25) is 0 Å². The molecule has 1 fully saturated rings. The van der Waals surface area contributed by atoms with Crippen LogP contribution in [0.3, 0.4) is 0 Å². The average molecular weight is 569 g/mol. The van der Waals surface area contributed by atoms with E-state index < -0.39 is 6.03 Å². The molecule has 0 saturated carbocycles. The van der Waals surface area contributed by atoms with Crippen molar-refractivity contribution >= 4 is 40.3 Å². The third-order valence-electron chi connectivity index (χ3n) is 6.76. The zero-order valence-electron chi connectivity index (χ0n) is 23.9. The Morgan fingerprint density at radius 1 is 1.19 bits per heavy atom. The molecule has 0 spiro atoms. The largest absolute Gasteiger partial charge is 0.383 e. The van der Waals surface area contributed by atoms with E-state index in [9.17, 15) is 14.9 Å². The van der Waals surface area contributed by atoms with Crippen LogP contribution in [0.4, 0.5) is 22.1 Å². The molecule has 4 aromatic rings. The van der Waals surface area contributed by atoms with E-state index in [-0.39, 0.29) is 28.8 Å². The Balaban J connectivity index is 1.40. The van der Waals surface area contributed by atoms with Gasteiger partial charge in [-0.05, 0) is 37.3 Å². The predicted octanol–water partition coefficient (Wildman–Crippen LogP) is 4.68. The summed E-state index contributed by atoms with van der Waals surface area (Å²) < 4.78 is 6.77. The van der Waals surface area contributed by atoms with Crippen LogP contribution in [0.15, 0.2) is 52.8 Å². The number of piperidine rings is 1. The zero-order valence-corrected chi connectivity index (χ0v) is 23.9. The molecule has 5 rings (SSSR count). The summed E-state index contributed by atoms with van der Waals surface area (Å²) in [6, 6.07) is 10.2. The number of nitrogens with two attached hydrogens (primary N) is 1. The number of likely N-dealkylation sites (tertiary alicyclic amines) is 1. The highest BCUT2D eigenvalue weighted by molar-refractivity contribution is 6.01. The number of hydrogen-bond acceptors (Lipinski definition) is 9. The van der Waals surface area contributed by atoms with Crippen LogP contribution in [0.25, 0.3) is 22.3 Å². The third-order valence-corrected chi connectivity index (χ3v) is 6.76. The number of amides is 3. The number of allylic oxidation sites excluding steroid dienone is 1. The first-order valence-corrected chi connectivity index (χ1v) is 13.5. The number of anilines is 3. The van der Waals surface area contributed by atoms with Crippen molar-refractivity contribution in [3.8, 4) is 17.3 Å². The molecule has 0 radical (unpaired) electrons. The van der Waals surface area contributed by atoms with Crippen molar-refractivity contribution in [3.05, 3.63) is 54.1 Å². The molecule has 42 heavy (non-hydrogen) atoms. The van der Waals surface area contributed by atoms with Crippen LogP contribution in [0.2, 0.25) is 0 Å². The summed E-state index contributed by atoms with van der Waals surface area (Å²) in [5.74, 6) is 0.899. The number of fused-ring (bicyclic) bond motifs is 1. The predicted molar refractivity (Wildman–Crippen MR) is 157 cm³/mol. The molecule has 1 aliphatic rings. The van der Waals surface area contributed by atoms with E-state index >= 15 is 0 Å². The van der Waals surface area contributed by atoms with Gasteiger partial charge in [0.05, 0.1) is 11.4 Å². The van der Waals surface area contributed by atoms with Crippen LogP contribution in [-0.4, -0.2) is 54.8 Å². The Morgan fingerprint density at radius 3 is 2.62 bits per heavy atom. The number of nitriles is 1. The summed E-state index contributed by atoms with van der Waals surface area (Å²) in [4.78, 5) is 36.0. The highest BCUT2D eigenvalue weighted by Gasteiger charge is 2.30. The highest BCUT2D eigenvalue weighted by atomic mass is 16.5. The molecular weight excluding hydrogens is 536 g/mol. The molecule has 13 heteroatoms. The van der Waals surface area contributed by atoms with Gasteiger partial charge in [-0.25, -0.2) is 19.4 Å². The van der Waals surface area contributed by atoms with E-state index in [4.69, 9.17) is 15.4 Å². The number of carbonyl (C=O) groups is 2. The lowest BCUT2D eigenvalue weighted by molar-refractivity contribution is -0.128. The van der Waals surface area contributed by atoms with Gasteiger partial charge in [0.25, 0.3) is 5.91 Å². The summed E-state index contributed by atoms with van der Waals surface area (Å²) in [6.07, 6.45) is 4.63. The number of rotatable bonds is 5. The third kappa shape index (κ3) is 6.07. The molecule has 3 amide bonds. The Bertz CT molecular complexity index is 1710. The standard InChI is InChI=1S/C29H32N10O3/c1-17-12-22(37-42-17)35-28(41)34-20-9-7-18(8-10-20)24-23-25(31)32-16-33-26(23)39(36-24)21-6-5-11-38(15-21)27(40)19(14-30)13-29(2,3)4/h7-10,12-13,16,21H,5-6,11,15H2,1-4H3,(H2,31,32,33)(H2,34,35,37,41)/b19-13+/t21-/m1/s1. The molecule has 4 heterocycles. The first kappa shape index (κ1) is 28.3. The number of benzene rings is 1. The van der Waals surface area contributed by atoms with Gasteiger partial charge < -0.3 is 20.5 Å². The van der Waals surface area contributed by atoms with E-state index in [1.54, 1.807) is 40.8 Å². The van der Waals surface area contributed by atoms with Gasteiger partial charge >= 0.3 is 6.03 Å². The lowest BCUT2D eigenvalue weighted by Crippen LogP contribution is -2.41. The van der Waals surface area contributed by atoms with Crippen LogP contribution in [0.5, 0.6) is 0 Å². The number of nitrogen functional groups attached to an aromatic ring is 1. The maximum Gasteiger partial charge on any atom is 0.324 e. The fraction of sp³-hybridized carbons (Fsp3) is 0.345. The molecule has 1 saturated heterocycles. The second-order valence-corrected chi connectivity index (χ2v) is 11.3. The van der Waals surface area contributed by atoms with Gasteiger partial charge in [-0.3, -0.25) is 10.1 Å². The molecule has 1 atom stereocenters. The topological polar surface area (TPSA) is 181 Å². The molecule has 1 aliphatic heterocycles. The maximum absolute atomic E-state index is 13.3. The minimum absolute atomic E-state index is 0.138. The fourth-order valence-electron chi connectivity index (χ4n) is 4.95. The Kier molecular flexibility index (Phi) is 7.62. The zero-order chi connectivity index (χ0) is 30.0. The van der Waals surface area contributed by atoms with Gasteiger partial charge in [-0.2, -0.15) is 10.4 Å². The van der Waals surface area contributed by atoms with E-state index in [2.05, 4.69) is 31.8 Å². The first-order valence-electron chi connectivity index (χ1n) is 13.5. The molecule has 216 valence electrons. The van der Waals surface area contributed by atoms with Crippen LogP contribution in [-0.2, 0) is 4.79 Å². The molecule has 0 unspecified atom stereocenters. The van der Waals surface area contributed by atoms with Gasteiger partial charge in [0, 0.05) is 30.4 Å². The maximum atomic E-state index is 13.3. The molecule has 1 aromatic carbocycles. The fourth-order valence-corrected chi connectivity index (χ4v) is 4.95. The molecule has 0 aliphatic carbocycles. The second kappa shape index (κ2) is 11.3. The molecule has 0 bridgehead atoms. The average Bonchev–Trinajstić information content (AvgIpc) is 3.55. The summed E-state index contributed by atoms with van der Waals surface area (Å²) in [7, 11) is 0. The molecule has 3 aromatic heterocycles. The van der Waals surface area contributed by atoms with Crippen molar-refractivity contribution in [2.45, 2.75) is 46.6 Å². The van der Waals surface area contributed by atoms with Crippen LogP contribution >= 0.6 is 0 Å². The summed E-state index contributed by atoms with van der Waals surface area (Å²) in [5, 5.41) is 24.3. The first-order chi connectivity index (χ1) is 20.0. The van der Waals surface area contributed by atoms with Crippen LogP contribution in [0, 0.1) is 23.7 Å². The number of urea groups is 1. The lowest BCUT2D eigenvalue weighted by atomic mass is 9.93. The van der Waals surface area contributed by atoms with E-state index in [0.717, 1.165) is 18.4 Å². The van der Waals surface area contributed by atoms with Crippen molar-refractivity contribution in [2.24, 2.45) is 5.41 Å². The van der Waals surface area contributed by atoms with E-state index in [1.807, 2.05) is 32.9 Å². The summed E-state index contributed by atoms with van der Waals surface area (Å²) in [6.45, 7) is 8.53. The SMILES string of the molecule is Cc1cc(NC(=O)Nc2ccc(-c3nn([C@@H]4CCCN(C(=O)/C(C#N)=C/C(C)(C)C)C4)c4ncnc(N)c34)cc2)no1. The monoisotopic (exact) mass is 568 g/mol. The smallest absolute Gasteiger partial charge is 0.324 e. The van der Waals surface area contributed by atoms with Crippen LogP contribution < -0.4 is 16.4 Å². The number of aryl methyl sites for hydroxylation is 1. The normalized spacial score (nSPS) is 15.8. The van der Waals surface area contributed by atoms with Crippen molar-refractivity contribution < 1.29 is 14.1 Å². The Morgan fingerprint density at radius 2 is 1.95 bits per heavy atom. The van der Waals surface area contributed by atoms with Crippen molar-refractivity contribution in [1.82, 2.24) is 29.8 Å². The van der Waals surface area contributed by atoms with Crippen LogP contribution in [0.1, 0.15) is 45.4 Å². The van der Waals surface area contributed by atoms with Crippen molar-refractivity contribution in [1.29, 1.82) is 5.26 Å². The van der Waals surface area contributed by atoms with Gasteiger partial charge in [0.15, 0.2) is 11.5 Å². The summed E-state index contributed by atoms with van der Waals surface area (Å²) >= 11 is 0. The van der Waals surface area contributed by atoms with E-state index in [1.165, 1.54) is 6.33 Å². The Labute approximate surface area is 242 Å².